The van der Waals surface area contributed by atoms with Crippen molar-refractivity contribution in [1.29, 1.82) is 0 Å². The molecule has 1 aromatic heterocycles. The molecule has 1 heterocycles. The van der Waals surface area contributed by atoms with E-state index >= 15 is 0 Å². The van der Waals surface area contributed by atoms with Crippen LogP contribution < -0.4 is 5.32 Å². The highest BCUT2D eigenvalue weighted by Gasteiger charge is 2.09. The molecule has 1 aromatic rings. The van der Waals surface area contributed by atoms with E-state index in [-0.39, 0.29) is 0 Å². The predicted molar refractivity (Wildman–Crippen MR) is 61.7 cm³/mol. The van der Waals surface area contributed by atoms with Gasteiger partial charge in [0, 0.05) is 23.2 Å². The van der Waals surface area contributed by atoms with Crippen LogP contribution in [0.4, 0.5) is 0 Å². The highest BCUT2D eigenvalue weighted by molar-refractivity contribution is 7.98. The van der Waals surface area contributed by atoms with E-state index in [9.17, 15) is 0 Å². The number of hydrogen-bond donors (Lipinski definition) is 1. The monoisotopic (exact) mass is 216 g/mol. The molecule has 0 saturated heterocycles. The molecular formula is C9H16N2S2. The average molecular weight is 216 g/mol. The second kappa shape index (κ2) is 5.62. The Bertz CT molecular complexity index is 248. The minimum atomic E-state index is 0.444. The van der Waals surface area contributed by atoms with Gasteiger partial charge < -0.3 is 5.32 Å². The third kappa shape index (κ3) is 3.29. The lowest BCUT2D eigenvalue weighted by Crippen LogP contribution is -2.21. The van der Waals surface area contributed by atoms with Crippen LogP contribution in [0.3, 0.4) is 0 Å². The second-order valence-corrected chi connectivity index (χ2v) is 4.84. The zero-order chi connectivity index (χ0) is 9.68. The Kier molecular flexibility index (Phi) is 4.77. The van der Waals surface area contributed by atoms with E-state index in [1.54, 1.807) is 11.3 Å². The molecule has 0 bridgehead atoms. The van der Waals surface area contributed by atoms with Gasteiger partial charge in [-0.05, 0) is 20.1 Å². The van der Waals surface area contributed by atoms with Crippen LogP contribution in [0.25, 0.3) is 0 Å². The number of rotatable bonds is 5. The summed E-state index contributed by atoms with van der Waals surface area (Å²) in [5, 5.41) is 3.48. The number of hydrogen-bond acceptors (Lipinski definition) is 4. The van der Waals surface area contributed by atoms with Gasteiger partial charge in [-0.1, -0.05) is 0 Å². The van der Waals surface area contributed by atoms with Gasteiger partial charge in [-0.25, -0.2) is 4.98 Å². The largest absolute Gasteiger partial charge is 0.309 e. The number of nitrogens with one attached hydrogen (secondary N) is 1. The number of aryl methyl sites for hydroxylation is 1. The molecule has 0 aliphatic carbocycles. The van der Waals surface area contributed by atoms with Crippen molar-refractivity contribution < 1.29 is 0 Å². The van der Waals surface area contributed by atoms with Crippen LogP contribution in [0.2, 0.25) is 0 Å². The second-order valence-electron chi connectivity index (χ2n) is 2.97. The molecule has 1 N–H and O–H groups in total. The van der Waals surface area contributed by atoms with Gasteiger partial charge in [-0.2, -0.15) is 11.8 Å². The number of thiazole rings is 1. The average Bonchev–Trinajstić information content (AvgIpc) is 2.52. The maximum absolute atomic E-state index is 4.24. The lowest BCUT2D eigenvalue weighted by molar-refractivity contribution is 0.606. The molecule has 2 nitrogen and oxygen atoms in total. The van der Waals surface area contributed by atoms with E-state index in [2.05, 4.69) is 30.4 Å². The molecule has 0 saturated carbocycles. The first-order valence-electron chi connectivity index (χ1n) is 4.38. The van der Waals surface area contributed by atoms with E-state index < -0.39 is 0 Å². The van der Waals surface area contributed by atoms with Crippen molar-refractivity contribution >= 4 is 23.1 Å². The maximum Gasteiger partial charge on any atom is 0.0798 e. The van der Waals surface area contributed by atoms with Crippen LogP contribution in [0.5, 0.6) is 0 Å². The lowest BCUT2D eigenvalue weighted by Gasteiger charge is -2.11. The Labute approximate surface area is 88.2 Å². The van der Waals surface area contributed by atoms with E-state index in [0.29, 0.717) is 6.04 Å². The zero-order valence-electron chi connectivity index (χ0n) is 8.33. The molecular weight excluding hydrogens is 200 g/mol. The maximum atomic E-state index is 4.24. The molecule has 1 atom stereocenters. The molecule has 4 heteroatoms. The minimum Gasteiger partial charge on any atom is -0.309 e. The Morgan fingerprint density at radius 1 is 1.69 bits per heavy atom. The SMILES string of the molecule is CSCCNC(C)c1scnc1C. The first-order chi connectivity index (χ1) is 6.25. The van der Waals surface area contributed by atoms with Crippen LogP contribution in [-0.2, 0) is 0 Å². The van der Waals surface area contributed by atoms with Gasteiger partial charge in [0.15, 0.2) is 0 Å². The van der Waals surface area contributed by atoms with Crippen molar-refractivity contribution in [3.8, 4) is 0 Å². The van der Waals surface area contributed by atoms with Crippen LogP contribution in [0, 0.1) is 6.92 Å². The van der Waals surface area contributed by atoms with Crippen LogP contribution >= 0.6 is 23.1 Å². The summed E-state index contributed by atoms with van der Waals surface area (Å²) < 4.78 is 0. The molecule has 13 heavy (non-hydrogen) atoms. The quantitative estimate of drug-likeness (QED) is 0.765. The fourth-order valence-corrected chi connectivity index (χ4v) is 2.35. The van der Waals surface area contributed by atoms with Gasteiger partial charge >= 0.3 is 0 Å². The number of thioether (sulfide) groups is 1. The molecule has 0 aliphatic heterocycles. The summed E-state index contributed by atoms with van der Waals surface area (Å²) in [4.78, 5) is 5.60. The van der Waals surface area contributed by atoms with Crippen molar-refractivity contribution in [3.05, 3.63) is 16.1 Å². The predicted octanol–water partition coefficient (Wildman–Crippen LogP) is 2.47. The van der Waals surface area contributed by atoms with E-state index in [4.69, 9.17) is 0 Å². The minimum absolute atomic E-state index is 0.444. The topological polar surface area (TPSA) is 24.9 Å². The van der Waals surface area contributed by atoms with E-state index in [0.717, 1.165) is 12.2 Å². The molecule has 74 valence electrons. The summed E-state index contributed by atoms with van der Waals surface area (Å²) in [6, 6.07) is 0.444. The highest BCUT2D eigenvalue weighted by atomic mass is 32.2. The number of nitrogens with zero attached hydrogens (tertiary/aromatic N) is 1. The summed E-state index contributed by atoms with van der Waals surface area (Å²) in [5.41, 5.74) is 3.08. The van der Waals surface area contributed by atoms with Gasteiger partial charge in [0.05, 0.1) is 11.2 Å². The Morgan fingerprint density at radius 2 is 2.46 bits per heavy atom. The zero-order valence-corrected chi connectivity index (χ0v) is 9.97. The fourth-order valence-electron chi connectivity index (χ4n) is 1.20. The molecule has 1 unspecified atom stereocenters. The fraction of sp³-hybridized carbons (Fsp3) is 0.667. The van der Waals surface area contributed by atoms with Crippen molar-refractivity contribution in [2.24, 2.45) is 0 Å². The standard InChI is InChI=1S/C9H16N2S2/c1-7(10-4-5-12-3)9-8(2)11-6-13-9/h6-7,10H,4-5H2,1-3H3. The van der Waals surface area contributed by atoms with Gasteiger partial charge in [-0.3, -0.25) is 0 Å². The Morgan fingerprint density at radius 3 is 3.00 bits per heavy atom. The first kappa shape index (κ1) is 11.0. The normalized spacial score (nSPS) is 13.2. The molecule has 0 aliphatic rings. The molecule has 1 rings (SSSR count). The van der Waals surface area contributed by atoms with E-state index in [1.807, 2.05) is 17.3 Å². The van der Waals surface area contributed by atoms with Crippen molar-refractivity contribution in [3.63, 3.8) is 0 Å². The first-order valence-corrected chi connectivity index (χ1v) is 6.65. The molecule has 0 radical (unpaired) electrons. The third-order valence-corrected chi connectivity index (χ3v) is 3.66. The summed E-state index contributed by atoms with van der Waals surface area (Å²) in [6.45, 7) is 5.33. The van der Waals surface area contributed by atoms with E-state index in [1.165, 1.54) is 10.6 Å². The van der Waals surface area contributed by atoms with Crippen LogP contribution in [0.1, 0.15) is 23.5 Å². The third-order valence-electron chi connectivity index (χ3n) is 1.93. The van der Waals surface area contributed by atoms with Crippen LogP contribution in [-0.4, -0.2) is 23.5 Å². The summed E-state index contributed by atoms with van der Waals surface area (Å²) in [7, 11) is 0. The lowest BCUT2D eigenvalue weighted by atomic mass is 10.2. The van der Waals surface area contributed by atoms with Crippen molar-refractivity contribution in [2.75, 3.05) is 18.6 Å². The van der Waals surface area contributed by atoms with Gasteiger partial charge in [0.25, 0.3) is 0 Å². The van der Waals surface area contributed by atoms with Crippen molar-refractivity contribution in [2.45, 2.75) is 19.9 Å². The highest BCUT2D eigenvalue weighted by Crippen LogP contribution is 2.20. The Balaban J connectivity index is 2.39. The molecule has 0 spiro atoms. The number of aromatic nitrogens is 1. The molecule has 0 fully saturated rings. The molecule has 0 amide bonds. The smallest absolute Gasteiger partial charge is 0.0798 e. The van der Waals surface area contributed by atoms with Gasteiger partial charge in [0.1, 0.15) is 0 Å². The summed E-state index contributed by atoms with van der Waals surface area (Å²) >= 11 is 3.61. The molecule has 0 aromatic carbocycles. The summed E-state index contributed by atoms with van der Waals surface area (Å²) in [5.74, 6) is 1.17. The Hall–Kier alpha value is -0.0600. The van der Waals surface area contributed by atoms with Gasteiger partial charge in [-0.15, -0.1) is 11.3 Å². The van der Waals surface area contributed by atoms with Crippen LogP contribution in [0.15, 0.2) is 5.51 Å². The van der Waals surface area contributed by atoms with Gasteiger partial charge in [0.2, 0.25) is 0 Å². The van der Waals surface area contributed by atoms with Crippen molar-refractivity contribution in [1.82, 2.24) is 10.3 Å². The summed E-state index contributed by atoms with van der Waals surface area (Å²) in [6.07, 6.45) is 2.13.